The average Bonchev–Trinajstić information content (AvgIpc) is 2.48. The van der Waals surface area contributed by atoms with Crippen molar-refractivity contribution in [3.63, 3.8) is 0 Å². The first kappa shape index (κ1) is 13.9. The summed E-state index contributed by atoms with van der Waals surface area (Å²) in [6.07, 6.45) is 0.802. The van der Waals surface area contributed by atoms with E-state index >= 15 is 0 Å². The second-order valence-electron chi connectivity index (χ2n) is 4.24. The summed E-state index contributed by atoms with van der Waals surface area (Å²) >= 11 is 0. The maximum atomic E-state index is 10.8. The molecule has 0 amide bonds. The van der Waals surface area contributed by atoms with Crippen LogP contribution in [0.15, 0.2) is 42.5 Å². The summed E-state index contributed by atoms with van der Waals surface area (Å²) in [5, 5.41) is 12.0. The minimum absolute atomic E-state index is 0.0383. The van der Waals surface area contributed by atoms with Crippen LogP contribution in [-0.4, -0.2) is 29.7 Å². The van der Waals surface area contributed by atoms with Crippen molar-refractivity contribution in [3.8, 4) is 5.75 Å². The van der Waals surface area contributed by atoms with E-state index in [2.05, 4.69) is 10.3 Å². The number of nitrogens with zero attached hydrogens (tertiary/aromatic N) is 1. The van der Waals surface area contributed by atoms with Crippen LogP contribution in [0.25, 0.3) is 0 Å². The fourth-order valence-electron chi connectivity index (χ4n) is 1.82. The lowest BCUT2D eigenvalue weighted by Crippen LogP contribution is -2.08. The molecular weight excluding hydrogens is 256 g/mol. The van der Waals surface area contributed by atoms with Crippen LogP contribution in [-0.2, 0) is 6.42 Å². The zero-order valence-corrected chi connectivity index (χ0v) is 11.2. The van der Waals surface area contributed by atoms with Crippen LogP contribution >= 0.6 is 0 Å². The Balaban J connectivity index is 1.92. The van der Waals surface area contributed by atoms with Crippen molar-refractivity contribution in [2.24, 2.45) is 0 Å². The number of hydrogen-bond donors (Lipinski definition) is 2. The highest BCUT2D eigenvalue weighted by atomic mass is 16.5. The summed E-state index contributed by atoms with van der Waals surface area (Å²) in [5.74, 6) is 0.364. The lowest BCUT2D eigenvalue weighted by atomic mass is 10.1. The molecule has 0 atom stereocenters. The van der Waals surface area contributed by atoms with Gasteiger partial charge in [-0.2, -0.15) is 0 Å². The van der Waals surface area contributed by atoms with Crippen molar-refractivity contribution in [2.75, 3.05) is 19.0 Å². The van der Waals surface area contributed by atoms with Gasteiger partial charge < -0.3 is 15.2 Å². The molecule has 0 spiro atoms. The molecule has 0 unspecified atom stereocenters. The Kier molecular flexibility index (Phi) is 4.55. The molecule has 2 N–H and O–H groups in total. The number of hydrogen-bond acceptors (Lipinski definition) is 4. The zero-order valence-electron chi connectivity index (χ0n) is 11.2. The maximum Gasteiger partial charge on any atom is 0.354 e. The monoisotopic (exact) mass is 272 g/mol. The van der Waals surface area contributed by atoms with Gasteiger partial charge in [0.25, 0.3) is 0 Å². The Hall–Kier alpha value is -2.56. The first-order valence-electron chi connectivity index (χ1n) is 6.26. The van der Waals surface area contributed by atoms with Crippen molar-refractivity contribution in [1.29, 1.82) is 0 Å². The lowest BCUT2D eigenvalue weighted by molar-refractivity contribution is 0.0690. The highest BCUT2D eigenvalue weighted by Gasteiger charge is 2.04. The molecule has 2 rings (SSSR count). The number of anilines is 1. The normalized spacial score (nSPS) is 10.1. The van der Waals surface area contributed by atoms with E-state index in [0.29, 0.717) is 12.4 Å². The van der Waals surface area contributed by atoms with Crippen molar-refractivity contribution in [3.05, 3.63) is 53.7 Å². The Morgan fingerprint density at radius 3 is 2.85 bits per heavy atom. The van der Waals surface area contributed by atoms with E-state index in [0.717, 1.165) is 17.7 Å². The minimum atomic E-state index is -1.03. The SMILES string of the molecule is COc1cccc(CCNc2cccc(C(=O)O)n2)c1. The molecule has 0 bridgehead atoms. The Bertz CT molecular complexity index is 599. The Morgan fingerprint density at radius 1 is 1.30 bits per heavy atom. The number of carboxylic acids is 1. The second-order valence-corrected chi connectivity index (χ2v) is 4.24. The van der Waals surface area contributed by atoms with E-state index in [1.807, 2.05) is 24.3 Å². The van der Waals surface area contributed by atoms with Crippen LogP contribution < -0.4 is 10.1 Å². The molecule has 0 saturated heterocycles. The van der Waals surface area contributed by atoms with Gasteiger partial charge in [0.2, 0.25) is 0 Å². The van der Waals surface area contributed by atoms with Gasteiger partial charge in [-0.3, -0.25) is 0 Å². The van der Waals surface area contributed by atoms with Gasteiger partial charge in [-0.15, -0.1) is 0 Å². The minimum Gasteiger partial charge on any atom is -0.497 e. The summed E-state index contributed by atoms with van der Waals surface area (Å²) in [6.45, 7) is 0.670. The standard InChI is InChI=1S/C15H16N2O3/c1-20-12-5-2-4-11(10-12)8-9-16-14-7-3-6-13(17-14)15(18)19/h2-7,10H,8-9H2,1H3,(H,16,17)(H,18,19). The summed E-state index contributed by atoms with van der Waals surface area (Å²) in [7, 11) is 1.64. The predicted octanol–water partition coefficient (Wildman–Crippen LogP) is 2.44. The van der Waals surface area contributed by atoms with Crippen LogP contribution in [0.1, 0.15) is 16.1 Å². The van der Waals surface area contributed by atoms with E-state index in [4.69, 9.17) is 9.84 Å². The molecule has 5 nitrogen and oxygen atoms in total. The molecule has 0 saturated carbocycles. The van der Waals surface area contributed by atoms with Gasteiger partial charge in [0.05, 0.1) is 7.11 Å². The molecule has 0 aliphatic carbocycles. The van der Waals surface area contributed by atoms with Gasteiger partial charge in [-0.05, 0) is 36.2 Å². The van der Waals surface area contributed by atoms with E-state index in [9.17, 15) is 4.79 Å². The van der Waals surface area contributed by atoms with Crippen molar-refractivity contribution >= 4 is 11.8 Å². The number of rotatable bonds is 6. The third-order valence-corrected chi connectivity index (χ3v) is 2.82. The van der Waals surface area contributed by atoms with Crippen molar-refractivity contribution in [2.45, 2.75) is 6.42 Å². The van der Waals surface area contributed by atoms with Crippen LogP contribution in [0.3, 0.4) is 0 Å². The van der Waals surface area contributed by atoms with Gasteiger partial charge in [-0.25, -0.2) is 9.78 Å². The molecule has 5 heteroatoms. The number of aromatic carboxylic acids is 1. The molecule has 1 aromatic carbocycles. The van der Waals surface area contributed by atoms with Crippen molar-refractivity contribution < 1.29 is 14.6 Å². The molecule has 1 heterocycles. The topological polar surface area (TPSA) is 71.5 Å². The largest absolute Gasteiger partial charge is 0.497 e. The third-order valence-electron chi connectivity index (χ3n) is 2.82. The number of benzene rings is 1. The molecule has 1 aromatic heterocycles. The van der Waals surface area contributed by atoms with Gasteiger partial charge in [0.1, 0.15) is 11.6 Å². The number of aromatic nitrogens is 1. The van der Waals surface area contributed by atoms with E-state index in [1.54, 1.807) is 19.2 Å². The van der Waals surface area contributed by atoms with Gasteiger partial charge in [-0.1, -0.05) is 18.2 Å². The summed E-state index contributed by atoms with van der Waals surface area (Å²) < 4.78 is 5.16. The van der Waals surface area contributed by atoms with Gasteiger partial charge in [0.15, 0.2) is 5.69 Å². The van der Waals surface area contributed by atoms with Gasteiger partial charge in [0, 0.05) is 6.54 Å². The number of methoxy groups -OCH3 is 1. The maximum absolute atomic E-state index is 10.8. The number of carbonyl (C=O) groups is 1. The van der Waals surface area contributed by atoms with Crippen LogP contribution in [0.4, 0.5) is 5.82 Å². The average molecular weight is 272 g/mol. The molecule has 0 aliphatic rings. The van der Waals surface area contributed by atoms with E-state index < -0.39 is 5.97 Å². The van der Waals surface area contributed by atoms with Crippen molar-refractivity contribution in [1.82, 2.24) is 4.98 Å². The third kappa shape index (κ3) is 3.71. The lowest BCUT2D eigenvalue weighted by Gasteiger charge is -2.07. The summed E-state index contributed by atoms with van der Waals surface area (Å²) in [6, 6.07) is 12.7. The second kappa shape index (κ2) is 6.56. The first-order valence-corrected chi connectivity index (χ1v) is 6.26. The number of ether oxygens (including phenoxy) is 1. The molecule has 0 aliphatic heterocycles. The summed E-state index contributed by atoms with van der Waals surface area (Å²) in [5.41, 5.74) is 1.18. The summed E-state index contributed by atoms with van der Waals surface area (Å²) in [4.78, 5) is 14.8. The Labute approximate surface area is 117 Å². The van der Waals surface area contributed by atoms with Gasteiger partial charge >= 0.3 is 5.97 Å². The first-order chi connectivity index (χ1) is 9.69. The smallest absolute Gasteiger partial charge is 0.354 e. The molecule has 0 radical (unpaired) electrons. The predicted molar refractivity (Wildman–Crippen MR) is 76.4 cm³/mol. The van der Waals surface area contributed by atoms with Crippen LogP contribution in [0, 0.1) is 0 Å². The number of carboxylic acid groups (broad SMARTS) is 1. The molecule has 104 valence electrons. The Morgan fingerprint density at radius 2 is 2.10 bits per heavy atom. The molecule has 20 heavy (non-hydrogen) atoms. The highest BCUT2D eigenvalue weighted by molar-refractivity contribution is 5.85. The highest BCUT2D eigenvalue weighted by Crippen LogP contribution is 2.13. The molecular formula is C15H16N2O3. The number of pyridine rings is 1. The fraction of sp³-hybridized carbons (Fsp3) is 0.200. The van der Waals surface area contributed by atoms with Crippen LogP contribution in [0.5, 0.6) is 5.75 Å². The zero-order chi connectivity index (χ0) is 14.4. The van der Waals surface area contributed by atoms with E-state index in [-0.39, 0.29) is 5.69 Å². The van der Waals surface area contributed by atoms with E-state index in [1.165, 1.54) is 6.07 Å². The fourth-order valence-corrected chi connectivity index (χ4v) is 1.82. The van der Waals surface area contributed by atoms with Crippen LogP contribution in [0.2, 0.25) is 0 Å². The molecule has 0 fully saturated rings. The number of nitrogens with one attached hydrogen (secondary N) is 1. The molecule has 2 aromatic rings. The quantitative estimate of drug-likeness (QED) is 0.845.